The summed E-state index contributed by atoms with van der Waals surface area (Å²) >= 11 is 0. The van der Waals surface area contributed by atoms with Crippen LogP contribution in [0.3, 0.4) is 0 Å². The van der Waals surface area contributed by atoms with Gasteiger partial charge in [0.25, 0.3) is 0 Å². The normalized spacial score (nSPS) is 28.3. The van der Waals surface area contributed by atoms with Gasteiger partial charge in [-0.15, -0.1) is 0 Å². The summed E-state index contributed by atoms with van der Waals surface area (Å²) in [7, 11) is 2.64. The summed E-state index contributed by atoms with van der Waals surface area (Å²) in [6, 6.07) is 14.3. The van der Waals surface area contributed by atoms with Gasteiger partial charge in [-0.1, -0.05) is 48.5 Å². The predicted octanol–water partition coefficient (Wildman–Crippen LogP) is 4.22. The quantitative estimate of drug-likeness (QED) is 0.121. The van der Waals surface area contributed by atoms with Gasteiger partial charge < -0.3 is 58.2 Å². The molecule has 2 aromatic rings. The van der Waals surface area contributed by atoms with E-state index in [1.165, 1.54) is 66.2 Å². The van der Waals surface area contributed by atoms with Gasteiger partial charge in [0, 0.05) is 34.0 Å². The van der Waals surface area contributed by atoms with Crippen molar-refractivity contribution in [1.29, 1.82) is 0 Å². The van der Waals surface area contributed by atoms with E-state index in [9.17, 15) is 29.1 Å². The summed E-state index contributed by atoms with van der Waals surface area (Å²) in [5.74, 6) is -7.45. The zero-order valence-electron chi connectivity index (χ0n) is 39.4. The van der Waals surface area contributed by atoms with Crippen LogP contribution in [0, 0.1) is 11.3 Å². The molecular weight excluding hydrogens is 879 g/mol. The molecule has 1 saturated carbocycles. The molecule has 10 atom stereocenters. The van der Waals surface area contributed by atoms with E-state index in [1.54, 1.807) is 64.1 Å². The predicted molar refractivity (Wildman–Crippen MR) is 233 cm³/mol. The van der Waals surface area contributed by atoms with Crippen LogP contribution < -0.4 is 5.32 Å². The Kier molecular flexibility index (Phi) is 16.4. The number of benzene rings is 2. The lowest BCUT2D eigenvalue weighted by atomic mass is 9.51. The second-order valence-electron chi connectivity index (χ2n) is 18.5. The number of methoxy groups -OCH3 is 2. The lowest BCUT2D eigenvalue weighted by Gasteiger charge is -2.63. The van der Waals surface area contributed by atoms with Gasteiger partial charge in [0.15, 0.2) is 11.4 Å². The van der Waals surface area contributed by atoms with Crippen LogP contribution in [0.4, 0.5) is 4.79 Å². The number of carboxylic acid groups (broad SMARTS) is 1. The monoisotopic (exact) mass is 939 g/mol. The Hall–Kier alpha value is -5.73. The Labute approximate surface area is 388 Å². The lowest BCUT2D eigenvalue weighted by molar-refractivity contribution is -0.332. The highest BCUT2D eigenvalue weighted by Crippen LogP contribution is 2.59. The van der Waals surface area contributed by atoms with Crippen molar-refractivity contribution in [3.63, 3.8) is 0 Å². The van der Waals surface area contributed by atoms with Crippen molar-refractivity contribution >= 4 is 41.7 Å². The zero-order chi connectivity index (χ0) is 49.6. The molecular formula is C48H61NO18. The number of Topliss-reactive ketones (excluding diaryl/α,β-unsaturated/α-hetero) is 1. The molecule has 67 heavy (non-hydrogen) atoms. The van der Waals surface area contributed by atoms with Gasteiger partial charge in [-0.05, 0) is 77.3 Å². The van der Waals surface area contributed by atoms with Gasteiger partial charge >= 0.3 is 35.9 Å². The van der Waals surface area contributed by atoms with E-state index in [1.807, 2.05) is 0 Å². The average Bonchev–Trinajstić information content (AvgIpc) is 3.26. The van der Waals surface area contributed by atoms with Gasteiger partial charge in [0.2, 0.25) is 6.10 Å². The first-order chi connectivity index (χ1) is 31.4. The van der Waals surface area contributed by atoms with E-state index in [-0.39, 0.29) is 35.3 Å². The minimum Gasteiger partial charge on any atom is -0.480 e. The second-order valence-corrected chi connectivity index (χ2v) is 18.5. The molecule has 3 N–H and O–H groups in total. The van der Waals surface area contributed by atoms with Crippen LogP contribution in [0.5, 0.6) is 0 Å². The maximum absolute atomic E-state index is 15.6. The third-order valence-corrected chi connectivity index (χ3v) is 12.2. The summed E-state index contributed by atoms with van der Waals surface area (Å²) in [5.41, 5.74) is -5.94. The number of fused-ring (bicyclic) bond motifs is 3. The van der Waals surface area contributed by atoms with Gasteiger partial charge in [-0.3, -0.25) is 9.59 Å². The zero-order valence-corrected chi connectivity index (χ0v) is 39.4. The molecule has 0 bridgehead atoms. The van der Waals surface area contributed by atoms with Crippen LogP contribution in [0.1, 0.15) is 90.2 Å². The Morgan fingerprint density at radius 1 is 0.896 bits per heavy atom. The molecule has 2 aliphatic carbocycles. The molecule has 366 valence electrons. The fraction of sp³-hybridized carbons (Fsp3) is 0.562. The van der Waals surface area contributed by atoms with Gasteiger partial charge in [0.1, 0.15) is 49.3 Å². The first-order valence-electron chi connectivity index (χ1n) is 21.7. The number of aliphatic carboxylic acids is 1. The molecule has 0 unspecified atom stereocenters. The number of rotatable bonds is 16. The average molecular weight is 940 g/mol. The number of carbonyl (C=O) groups is 7. The number of carboxylic acids is 1. The topological polar surface area (TPSA) is 255 Å². The highest BCUT2D eigenvalue weighted by Gasteiger charge is 2.73. The van der Waals surface area contributed by atoms with Crippen LogP contribution >= 0.6 is 0 Å². The van der Waals surface area contributed by atoms with E-state index >= 15 is 9.59 Å². The summed E-state index contributed by atoms with van der Waals surface area (Å²) in [5, 5.41) is 23.7. The smallest absolute Gasteiger partial charge is 0.408 e. The number of ether oxygens (including phenoxy) is 9. The number of ketones is 1. The summed E-state index contributed by atoms with van der Waals surface area (Å²) in [6.07, 6.45) is -10.1. The number of nitrogens with one attached hydrogen (secondary N) is 1. The van der Waals surface area contributed by atoms with E-state index in [2.05, 4.69) is 5.32 Å². The SMILES string of the molecule is CO[C@H]1C[C@H]2OC[C@@]2(OC(C)=O)[C@H]2[C@H](OC(=O)c3ccccc3)C[C@H](OC(=O)[C@H](OC(=O)COCC(=O)O)[C@@H](NC(=O)OC(C)(C)C)c3ccccc3)/C(C)=C(\C(C)(C)O)[C@@H](OC)C(=O)[C@]12C. The Morgan fingerprint density at radius 3 is 2.04 bits per heavy atom. The number of esters is 4. The molecule has 3 aliphatic rings. The number of hydrogen-bond donors (Lipinski definition) is 3. The standard InChI is InChI=1S/C48H61NO18/c1-26-30(63-43(56)39(65-35(53)24-61-23-34(51)52)37(28-17-13-11-14-18-28)49-44(57)67-45(3,4)5)21-31(64-42(55)29-19-15-12-16-20-29)40-47(8,41(54)38(60-10)36(26)46(6,7)58)32(59-9)22-33-48(40,25-62-33)66-27(2)50/h11-20,30-33,37-40,58H,21-25H2,1-10H3,(H,49,57)(H,51,52)/b36-26-/t30-,31+,32-,33+,37-,38+,39+,40-,47+,48-/m0/s1. The van der Waals surface area contributed by atoms with E-state index in [0.29, 0.717) is 0 Å². The number of alkyl carbamates (subject to hydrolysis) is 1. The number of aliphatic hydroxyl groups is 1. The fourth-order valence-electron chi connectivity index (χ4n) is 9.51. The molecule has 2 aromatic carbocycles. The van der Waals surface area contributed by atoms with Crippen LogP contribution in [-0.4, -0.2) is 139 Å². The van der Waals surface area contributed by atoms with Crippen molar-refractivity contribution in [3.05, 3.63) is 82.9 Å². The van der Waals surface area contributed by atoms with Crippen molar-refractivity contribution in [2.45, 2.75) is 128 Å². The first kappa shape index (κ1) is 52.2. The van der Waals surface area contributed by atoms with Crippen molar-refractivity contribution in [3.8, 4) is 0 Å². The molecule has 0 spiro atoms. The molecule has 0 radical (unpaired) electrons. The third-order valence-electron chi connectivity index (χ3n) is 12.2. The first-order valence-corrected chi connectivity index (χ1v) is 21.7. The fourth-order valence-corrected chi connectivity index (χ4v) is 9.51. The van der Waals surface area contributed by atoms with Crippen LogP contribution in [0.2, 0.25) is 0 Å². The summed E-state index contributed by atoms with van der Waals surface area (Å²) in [6.45, 7) is 9.83. The summed E-state index contributed by atoms with van der Waals surface area (Å²) < 4.78 is 53.2. The molecule has 1 amide bonds. The maximum atomic E-state index is 15.6. The van der Waals surface area contributed by atoms with Crippen LogP contribution in [0.25, 0.3) is 0 Å². The number of amides is 1. The molecule has 5 rings (SSSR count). The minimum absolute atomic E-state index is 0.0433. The molecule has 0 aromatic heterocycles. The molecule has 1 heterocycles. The molecule has 2 fully saturated rings. The highest BCUT2D eigenvalue weighted by atomic mass is 16.6. The Bertz CT molecular complexity index is 2180. The molecule has 1 aliphatic heterocycles. The molecule has 19 nitrogen and oxygen atoms in total. The van der Waals surface area contributed by atoms with Crippen molar-refractivity contribution in [1.82, 2.24) is 5.32 Å². The maximum Gasteiger partial charge on any atom is 0.408 e. The van der Waals surface area contributed by atoms with E-state index < -0.39 is 132 Å². The van der Waals surface area contributed by atoms with Crippen molar-refractivity contribution < 1.29 is 86.4 Å². The van der Waals surface area contributed by atoms with Gasteiger partial charge in [-0.2, -0.15) is 0 Å². The molecule has 19 heteroatoms. The van der Waals surface area contributed by atoms with Crippen LogP contribution in [-0.2, 0) is 66.6 Å². The van der Waals surface area contributed by atoms with Gasteiger partial charge in [0.05, 0.1) is 35.2 Å². The largest absolute Gasteiger partial charge is 0.480 e. The highest BCUT2D eigenvalue weighted by molar-refractivity contribution is 5.94. The van der Waals surface area contributed by atoms with E-state index in [4.69, 9.17) is 47.7 Å². The Balaban J connectivity index is 1.76. The van der Waals surface area contributed by atoms with Gasteiger partial charge in [-0.25, -0.2) is 24.0 Å². The number of carbonyl (C=O) groups excluding carboxylic acids is 6. The van der Waals surface area contributed by atoms with Crippen LogP contribution in [0.15, 0.2) is 71.8 Å². The van der Waals surface area contributed by atoms with Crippen molar-refractivity contribution in [2.75, 3.05) is 34.0 Å². The van der Waals surface area contributed by atoms with E-state index in [0.717, 1.165) is 0 Å². The second kappa shape index (κ2) is 21.1. The Morgan fingerprint density at radius 2 is 1.52 bits per heavy atom. The lowest BCUT2D eigenvalue weighted by Crippen LogP contribution is -2.77. The number of hydrogen-bond acceptors (Lipinski definition) is 17. The minimum atomic E-state index is -2.07. The third kappa shape index (κ3) is 11.7. The van der Waals surface area contributed by atoms with Crippen molar-refractivity contribution in [2.24, 2.45) is 11.3 Å². The summed E-state index contributed by atoms with van der Waals surface area (Å²) in [4.78, 5) is 96.2. The molecule has 1 saturated heterocycles.